The van der Waals surface area contributed by atoms with E-state index in [2.05, 4.69) is 5.32 Å². The number of amides is 1. The van der Waals surface area contributed by atoms with E-state index in [0.717, 1.165) is 11.3 Å². The van der Waals surface area contributed by atoms with Gasteiger partial charge in [-0.25, -0.2) is 0 Å². The van der Waals surface area contributed by atoms with Crippen molar-refractivity contribution < 1.29 is 14.3 Å². The minimum absolute atomic E-state index is 0.173. The largest absolute Gasteiger partial charge is 0.482 e. The molecule has 1 aliphatic rings. The van der Waals surface area contributed by atoms with Gasteiger partial charge < -0.3 is 19.7 Å². The van der Waals surface area contributed by atoms with Gasteiger partial charge in [0, 0.05) is 26.3 Å². The first-order valence-electron chi connectivity index (χ1n) is 8.01. The molecule has 1 aliphatic heterocycles. The summed E-state index contributed by atoms with van der Waals surface area (Å²) in [5.74, 6) is 1.10. The van der Waals surface area contributed by atoms with Crippen LogP contribution in [0.15, 0.2) is 48.5 Å². The lowest BCUT2D eigenvalue weighted by molar-refractivity contribution is -0.133. The molecular weight excluding hydrogens is 304 g/mol. The fraction of sp³-hybridized carbons (Fsp3) is 0.316. The number of para-hydroxylation sites is 2. The number of nitrogens with one attached hydrogen (secondary N) is 1. The number of rotatable bonds is 4. The Morgan fingerprint density at radius 3 is 2.29 bits per heavy atom. The first-order valence-corrected chi connectivity index (χ1v) is 8.01. The molecule has 1 N–H and O–H groups in total. The van der Waals surface area contributed by atoms with Gasteiger partial charge in [0.1, 0.15) is 6.10 Å². The summed E-state index contributed by atoms with van der Waals surface area (Å²) in [6.07, 6.45) is -0.989. The molecule has 126 valence electrons. The van der Waals surface area contributed by atoms with Crippen LogP contribution in [0.2, 0.25) is 0 Å². The molecule has 2 atom stereocenters. The number of fused-ring (bicyclic) bond motifs is 1. The van der Waals surface area contributed by atoms with Gasteiger partial charge in [0.2, 0.25) is 6.10 Å². The molecule has 0 aromatic heterocycles. The molecule has 0 saturated carbocycles. The van der Waals surface area contributed by atoms with E-state index in [4.69, 9.17) is 9.47 Å². The van der Waals surface area contributed by atoms with Crippen LogP contribution < -0.4 is 19.7 Å². The SMILES string of the molecule is C[C@@H]1Oc2ccccc2O[C@@H]1C(=O)NCc1ccc(N(C)C)cc1. The van der Waals surface area contributed by atoms with Crippen molar-refractivity contribution in [2.24, 2.45) is 0 Å². The van der Waals surface area contributed by atoms with Gasteiger partial charge in [0.25, 0.3) is 5.91 Å². The fourth-order valence-corrected chi connectivity index (χ4v) is 2.61. The molecule has 2 aromatic rings. The maximum Gasteiger partial charge on any atom is 0.265 e. The highest BCUT2D eigenvalue weighted by Crippen LogP contribution is 2.33. The first-order chi connectivity index (χ1) is 11.5. The van der Waals surface area contributed by atoms with Crippen molar-refractivity contribution in [2.45, 2.75) is 25.7 Å². The van der Waals surface area contributed by atoms with Crippen molar-refractivity contribution in [1.82, 2.24) is 5.32 Å². The molecule has 5 heteroatoms. The molecule has 0 aliphatic carbocycles. The van der Waals surface area contributed by atoms with Crippen molar-refractivity contribution in [1.29, 1.82) is 0 Å². The van der Waals surface area contributed by atoms with Gasteiger partial charge in [-0.2, -0.15) is 0 Å². The van der Waals surface area contributed by atoms with E-state index in [-0.39, 0.29) is 12.0 Å². The molecule has 5 nitrogen and oxygen atoms in total. The third kappa shape index (κ3) is 3.45. The minimum Gasteiger partial charge on any atom is -0.482 e. The monoisotopic (exact) mass is 326 g/mol. The van der Waals surface area contributed by atoms with E-state index in [0.29, 0.717) is 18.0 Å². The van der Waals surface area contributed by atoms with Crippen LogP contribution in [0.1, 0.15) is 12.5 Å². The Morgan fingerprint density at radius 1 is 1.04 bits per heavy atom. The summed E-state index contributed by atoms with van der Waals surface area (Å²) in [7, 11) is 3.99. The number of nitrogens with zero attached hydrogens (tertiary/aromatic N) is 1. The Hall–Kier alpha value is -2.69. The second kappa shape index (κ2) is 6.83. The van der Waals surface area contributed by atoms with Crippen LogP contribution in [0.5, 0.6) is 11.5 Å². The zero-order valence-electron chi connectivity index (χ0n) is 14.2. The molecule has 0 fully saturated rings. The molecule has 0 spiro atoms. The Balaban J connectivity index is 1.61. The number of carbonyl (C=O) groups excluding carboxylic acids is 1. The van der Waals surface area contributed by atoms with Crippen LogP contribution in [0, 0.1) is 0 Å². The summed E-state index contributed by atoms with van der Waals surface area (Å²) in [4.78, 5) is 14.5. The van der Waals surface area contributed by atoms with E-state index in [1.807, 2.05) is 74.4 Å². The number of carbonyl (C=O) groups is 1. The number of hydrogen-bond donors (Lipinski definition) is 1. The minimum atomic E-state index is -0.652. The summed E-state index contributed by atoms with van der Waals surface area (Å²) in [6, 6.07) is 15.5. The molecule has 1 heterocycles. The highest BCUT2D eigenvalue weighted by Gasteiger charge is 2.33. The van der Waals surface area contributed by atoms with Crippen molar-refractivity contribution >= 4 is 11.6 Å². The average molecular weight is 326 g/mol. The Bertz CT molecular complexity index is 713. The lowest BCUT2D eigenvalue weighted by Gasteiger charge is -2.31. The van der Waals surface area contributed by atoms with Crippen LogP contribution in [0.4, 0.5) is 5.69 Å². The van der Waals surface area contributed by atoms with Crippen LogP contribution >= 0.6 is 0 Å². The zero-order valence-corrected chi connectivity index (χ0v) is 14.2. The predicted molar refractivity (Wildman–Crippen MR) is 93.6 cm³/mol. The quantitative estimate of drug-likeness (QED) is 0.938. The van der Waals surface area contributed by atoms with Crippen molar-refractivity contribution in [2.75, 3.05) is 19.0 Å². The summed E-state index contributed by atoms with van der Waals surface area (Å²) < 4.78 is 11.6. The van der Waals surface area contributed by atoms with Crippen LogP contribution in [-0.2, 0) is 11.3 Å². The lowest BCUT2D eigenvalue weighted by atomic mass is 10.1. The molecule has 1 amide bonds. The summed E-state index contributed by atoms with van der Waals surface area (Å²) in [5.41, 5.74) is 2.16. The number of benzene rings is 2. The standard InChI is InChI=1S/C19H22N2O3/c1-13-18(24-17-7-5-4-6-16(17)23-13)19(22)20-12-14-8-10-15(11-9-14)21(2)3/h4-11,13,18H,12H2,1-3H3,(H,20,22)/t13-,18-/m0/s1. The molecule has 3 rings (SSSR count). The highest BCUT2D eigenvalue weighted by molar-refractivity contribution is 5.82. The zero-order chi connectivity index (χ0) is 17.1. The van der Waals surface area contributed by atoms with E-state index < -0.39 is 6.10 Å². The maximum absolute atomic E-state index is 12.4. The fourth-order valence-electron chi connectivity index (χ4n) is 2.61. The Labute approximate surface area is 142 Å². The van der Waals surface area contributed by atoms with E-state index in [9.17, 15) is 4.79 Å². The second-order valence-corrected chi connectivity index (χ2v) is 6.09. The van der Waals surface area contributed by atoms with Gasteiger partial charge >= 0.3 is 0 Å². The van der Waals surface area contributed by atoms with Gasteiger partial charge in [0.15, 0.2) is 11.5 Å². The summed E-state index contributed by atoms with van der Waals surface area (Å²) >= 11 is 0. The van der Waals surface area contributed by atoms with Gasteiger partial charge in [-0.05, 0) is 36.8 Å². The van der Waals surface area contributed by atoms with E-state index in [1.165, 1.54) is 0 Å². The summed E-state index contributed by atoms with van der Waals surface area (Å²) in [5, 5.41) is 2.92. The third-order valence-corrected chi connectivity index (χ3v) is 4.02. The number of ether oxygens (including phenoxy) is 2. The Morgan fingerprint density at radius 2 is 1.67 bits per heavy atom. The summed E-state index contributed by atoms with van der Waals surface area (Å²) in [6.45, 7) is 2.30. The van der Waals surface area contributed by atoms with Gasteiger partial charge in [-0.15, -0.1) is 0 Å². The topological polar surface area (TPSA) is 50.8 Å². The smallest absolute Gasteiger partial charge is 0.265 e. The van der Waals surface area contributed by atoms with Gasteiger partial charge in [-0.3, -0.25) is 4.79 Å². The predicted octanol–water partition coefficient (Wildman–Crippen LogP) is 2.60. The molecule has 0 radical (unpaired) electrons. The van der Waals surface area contributed by atoms with Gasteiger partial charge in [0.05, 0.1) is 0 Å². The van der Waals surface area contributed by atoms with Gasteiger partial charge in [-0.1, -0.05) is 24.3 Å². The van der Waals surface area contributed by atoms with Crippen molar-refractivity contribution in [3.8, 4) is 11.5 Å². The number of hydrogen-bond acceptors (Lipinski definition) is 4. The van der Waals surface area contributed by atoms with Crippen LogP contribution in [-0.4, -0.2) is 32.2 Å². The van der Waals surface area contributed by atoms with E-state index in [1.54, 1.807) is 0 Å². The van der Waals surface area contributed by atoms with Crippen molar-refractivity contribution in [3.63, 3.8) is 0 Å². The average Bonchev–Trinajstić information content (AvgIpc) is 2.59. The lowest BCUT2D eigenvalue weighted by Crippen LogP contribution is -2.48. The first kappa shape index (κ1) is 16.2. The molecule has 24 heavy (non-hydrogen) atoms. The molecular formula is C19H22N2O3. The normalized spacial score (nSPS) is 18.8. The molecule has 0 saturated heterocycles. The van der Waals surface area contributed by atoms with E-state index >= 15 is 0 Å². The van der Waals surface area contributed by atoms with Crippen molar-refractivity contribution in [3.05, 3.63) is 54.1 Å². The second-order valence-electron chi connectivity index (χ2n) is 6.09. The molecule has 2 aromatic carbocycles. The highest BCUT2D eigenvalue weighted by atomic mass is 16.6. The molecule has 0 bridgehead atoms. The molecule has 0 unspecified atom stereocenters. The number of anilines is 1. The maximum atomic E-state index is 12.4. The Kier molecular flexibility index (Phi) is 4.60. The van der Waals surface area contributed by atoms with Crippen LogP contribution in [0.3, 0.4) is 0 Å². The van der Waals surface area contributed by atoms with Crippen LogP contribution in [0.25, 0.3) is 0 Å². The third-order valence-electron chi connectivity index (χ3n) is 4.02.